The summed E-state index contributed by atoms with van der Waals surface area (Å²) in [4.78, 5) is 37.5. The number of benzene rings is 2. The summed E-state index contributed by atoms with van der Waals surface area (Å²) in [6.45, 7) is 0.117. The standard InChI is InChI=1S/C23H21NO7/c1-29-15-6-4-14(5-7-15)11-20-22(26)17-9-8-16(12-19(17)31-20)30-13-21(25)24-10-2-3-18(24)23(27)28/h4-9,11-12,18H,2-3,10,13H2,1H3,(H,27,28). The Labute approximate surface area is 178 Å². The van der Waals surface area contributed by atoms with E-state index in [1.165, 1.54) is 4.90 Å². The summed E-state index contributed by atoms with van der Waals surface area (Å²) in [5.41, 5.74) is 1.20. The zero-order valence-corrected chi connectivity index (χ0v) is 16.9. The van der Waals surface area contributed by atoms with Crippen LogP contribution in [0.2, 0.25) is 0 Å². The zero-order valence-electron chi connectivity index (χ0n) is 16.9. The number of ketones is 1. The molecule has 1 amide bonds. The molecule has 1 fully saturated rings. The van der Waals surface area contributed by atoms with Crippen LogP contribution in [-0.2, 0) is 9.59 Å². The number of carbonyl (C=O) groups is 3. The van der Waals surface area contributed by atoms with Crippen LogP contribution >= 0.6 is 0 Å². The third-order valence-electron chi connectivity index (χ3n) is 5.28. The monoisotopic (exact) mass is 423 g/mol. The van der Waals surface area contributed by atoms with Crippen molar-refractivity contribution in [2.75, 3.05) is 20.3 Å². The van der Waals surface area contributed by atoms with Gasteiger partial charge in [0.05, 0.1) is 12.7 Å². The number of nitrogens with zero attached hydrogens (tertiary/aromatic N) is 1. The van der Waals surface area contributed by atoms with Crippen molar-refractivity contribution in [2.45, 2.75) is 18.9 Å². The number of likely N-dealkylation sites (tertiary alicyclic amines) is 1. The number of aliphatic carboxylic acids is 1. The maximum Gasteiger partial charge on any atom is 0.326 e. The van der Waals surface area contributed by atoms with Crippen LogP contribution in [0.1, 0.15) is 28.8 Å². The highest BCUT2D eigenvalue weighted by Crippen LogP contribution is 2.35. The lowest BCUT2D eigenvalue weighted by atomic mass is 10.1. The van der Waals surface area contributed by atoms with Crippen LogP contribution in [0.3, 0.4) is 0 Å². The number of allylic oxidation sites excluding steroid dienone is 1. The smallest absolute Gasteiger partial charge is 0.326 e. The molecular formula is C23H21NO7. The van der Waals surface area contributed by atoms with Crippen LogP contribution in [0, 0.1) is 0 Å². The number of carbonyl (C=O) groups excluding carboxylic acids is 2. The molecule has 8 heteroatoms. The SMILES string of the molecule is COc1ccc(C=C2Oc3cc(OCC(=O)N4CCCC4C(=O)O)ccc3C2=O)cc1. The maximum absolute atomic E-state index is 12.6. The van der Waals surface area contributed by atoms with Crippen molar-refractivity contribution in [1.29, 1.82) is 0 Å². The molecule has 8 nitrogen and oxygen atoms in total. The number of fused-ring (bicyclic) bond motifs is 1. The molecule has 0 saturated carbocycles. The predicted molar refractivity (Wildman–Crippen MR) is 110 cm³/mol. The number of Topliss-reactive ketones (excluding diaryl/α,β-unsaturated/α-hetero) is 1. The second-order valence-electron chi connectivity index (χ2n) is 7.24. The van der Waals surface area contributed by atoms with Crippen molar-refractivity contribution < 1.29 is 33.7 Å². The fraction of sp³-hybridized carbons (Fsp3) is 0.261. The molecule has 0 spiro atoms. The second kappa shape index (κ2) is 8.51. The van der Waals surface area contributed by atoms with Gasteiger partial charge in [-0.2, -0.15) is 0 Å². The highest BCUT2D eigenvalue weighted by molar-refractivity contribution is 6.14. The highest BCUT2D eigenvalue weighted by Gasteiger charge is 2.34. The van der Waals surface area contributed by atoms with Crippen molar-refractivity contribution in [2.24, 2.45) is 0 Å². The topological polar surface area (TPSA) is 102 Å². The van der Waals surface area contributed by atoms with Crippen molar-refractivity contribution in [3.63, 3.8) is 0 Å². The van der Waals surface area contributed by atoms with E-state index in [-0.39, 0.29) is 24.1 Å². The van der Waals surface area contributed by atoms with Crippen LogP contribution in [0.4, 0.5) is 0 Å². The van der Waals surface area contributed by atoms with E-state index in [4.69, 9.17) is 14.2 Å². The van der Waals surface area contributed by atoms with Crippen molar-refractivity contribution >= 4 is 23.7 Å². The molecule has 1 unspecified atom stereocenters. The third-order valence-corrected chi connectivity index (χ3v) is 5.28. The summed E-state index contributed by atoms with van der Waals surface area (Å²) in [6.07, 6.45) is 2.74. The first-order chi connectivity index (χ1) is 15.0. The summed E-state index contributed by atoms with van der Waals surface area (Å²) < 4.78 is 16.4. The zero-order chi connectivity index (χ0) is 22.0. The predicted octanol–water partition coefficient (Wildman–Crippen LogP) is 2.77. The van der Waals surface area contributed by atoms with E-state index < -0.39 is 12.0 Å². The Bertz CT molecular complexity index is 1060. The molecule has 0 bridgehead atoms. The lowest BCUT2D eigenvalue weighted by molar-refractivity contribution is -0.148. The van der Waals surface area contributed by atoms with Crippen LogP contribution < -0.4 is 14.2 Å². The average molecular weight is 423 g/mol. The molecule has 160 valence electrons. The average Bonchev–Trinajstić information content (AvgIpc) is 3.38. The van der Waals surface area contributed by atoms with Gasteiger partial charge in [0.2, 0.25) is 5.78 Å². The van der Waals surface area contributed by atoms with Crippen LogP contribution in [-0.4, -0.2) is 54.0 Å². The van der Waals surface area contributed by atoms with Gasteiger partial charge in [0.15, 0.2) is 12.4 Å². The van der Waals surface area contributed by atoms with Gasteiger partial charge in [-0.05, 0) is 48.7 Å². The first-order valence-electron chi connectivity index (χ1n) is 9.83. The van der Waals surface area contributed by atoms with E-state index in [0.717, 1.165) is 5.56 Å². The van der Waals surface area contributed by atoms with Crippen molar-refractivity contribution in [1.82, 2.24) is 4.90 Å². The van der Waals surface area contributed by atoms with Gasteiger partial charge in [-0.15, -0.1) is 0 Å². The molecule has 4 rings (SSSR count). The molecule has 0 aromatic heterocycles. The first-order valence-corrected chi connectivity index (χ1v) is 9.83. The minimum Gasteiger partial charge on any atom is -0.497 e. The number of ether oxygens (including phenoxy) is 3. The molecular weight excluding hydrogens is 402 g/mol. The van der Waals surface area contributed by atoms with Gasteiger partial charge in [0.25, 0.3) is 5.91 Å². The Morgan fingerprint density at radius 1 is 1.19 bits per heavy atom. The number of hydrogen-bond acceptors (Lipinski definition) is 6. The molecule has 2 aromatic rings. The molecule has 2 aliphatic heterocycles. The van der Waals surface area contributed by atoms with E-state index in [1.807, 2.05) is 12.1 Å². The van der Waals surface area contributed by atoms with Gasteiger partial charge in [-0.3, -0.25) is 9.59 Å². The van der Waals surface area contributed by atoms with Crippen LogP contribution in [0.25, 0.3) is 6.08 Å². The number of amides is 1. The molecule has 0 aliphatic carbocycles. The normalized spacial score (nSPS) is 18.6. The summed E-state index contributed by atoms with van der Waals surface area (Å²) in [7, 11) is 1.58. The van der Waals surface area contributed by atoms with Crippen molar-refractivity contribution in [3.8, 4) is 17.2 Å². The molecule has 1 atom stereocenters. The number of carboxylic acids is 1. The van der Waals surface area contributed by atoms with E-state index in [2.05, 4.69) is 0 Å². The lowest BCUT2D eigenvalue weighted by Gasteiger charge is -2.21. The molecule has 2 heterocycles. The number of hydrogen-bond donors (Lipinski definition) is 1. The van der Waals surface area contributed by atoms with Crippen molar-refractivity contribution in [3.05, 3.63) is 59.4 Å². The Kier molecular flexibility index (Phi) is 5.62. The summed E-state index contributed by atoms with van der Waals surface area (Å²) in [5.74, 6) is -0.0291. The lowest BCUT2D eigenvalue weighted by Crippen LogP contribution is -2.42. The maximum atomic E-state index is 12.6. The fourth-order valence-corrected chi connectivity index (χ4v) is 3.66. The largest absolute Gasteiger partial charge is 0.497 e. The highest BCUT2D eigenvalue weighted by atomic mass is 16.5. The summed E-state index contributed by atoms with van der Waals surface area (Å²) >= 11 is 0. The van der Waals surface area contributed by atoms with E-state index in [9.17, 15) is 19.5 Å². The van der Waals surface area contributed by atoms with E-state index >= 15 is 0 Å². The summed E-state index contributed by atoms with van der Waals surface area (Å²) in [6, 6.07) is 11.1. The number of methoxy groups -OCH3 is 1. The molecule has 2 aromatic carbocycles. The Hall–Kier alpha value is -3.81. The Morgan fingerprint density at radius 2 is 1.94 bits per heavy atom. The van der Waals surface area contributed by atoms with Gasteiger partial charge in [-0.25, -0.2) is 4.79 Å². The number of carboxylic acid groups (broad SMARTS) is 1. The minimum atomic E-state index is -1.01. The van der Waals surface area contributed by atoms with Gasteiger partial charge in [-0.1, -0.05) is 12.1 Å². The molecule has 2 aliphatic rings. The molecule has 31 heavy (non-hydrogen) atoms. The fourth-order valence-electron chi connectivity index (χ4n) is 3.66. The molecule has 1 saturated heterocycles. The van der Waals surface area contributed by atoms with Gasteiger partial charge >= 0.3 is 5.97 Å². The van der Waals surface area contributed by atoms with Gasteiger partial charge in [0.1, 0.15) is 23.3 Å². The minimum absolute atomic E-state index is 0.190. The third kappa shape index (κ3) is 4.23. The van der Waals surface area contributed by atoms with E-state index in [0.29, 0.717) is 42.2 Å². The van der Waals surface area contributed by atoms with Crippen LogP contribution in [0.5, 0.6) is 17.2 Å². The van der Waals surface area contributed by atoms with Gasteiger partial charge in [0, 0.05) is 12.6 Å². The van der Waals surface area contributed by atoms with Gasteiger partial charge < -0.3 is 24.2 Å². The first kappa shape index (κ1) is 20.5. The summed E-state index contributed by atoms with van der Waals surface area (Å²) in [5, 5.41) is 9.21. The molecule has 0 radical (unpaired) electrons. The Balaban J connectivity index is 1.43. The van der Waals surface area contributed by atoms with Crippen LogP contribution in [0.15, 0.2) is 48.2 Å². The number of rotatable bonds is 6. The van der Waals surface area contributed by atoms with E-state index in [1.54, 1.807) is 43.5 Å². The molecule has 1 N–H and O–H groups in total. The Morgan fingerprint density at radius 3 is 2.65 bits per heavy atom. The second-order valence-corrected chi connectivity index (χ2v) is 7.24. The quantitative estimate of drug-likeness (QED) is 0.713.